The summed E-state index contributed by atoms with van der Waals surface area (Å²) in [5.41, 5.74) is 0.492. The van der Waals surface area contributed by atoms with Crippen molar-refractivity contribution >= 4 is 0 Å². The fourth-order valence-corrected chi connectivity index (χ4v) is 1.47. The van der Waals surface area contributed by atoms with Crippen LogP contribution in [0.3, 0.4) is 0 Å². The Morgan fingerprint density at radius 2 is 2.06 bits per heavy atom. The Bertz CT molecular complexity index is 343. The van der Waals surface area contributed by atoms with E-state index in [4.69, 9.17) is 14.2 Å². The number of ether oxygens (including phenoxy) is 3. The third-order valence-corrected chi connectivity index (χ3v) is 2.31. The zero-order chi connectivity index (χ0) is 12.7. The van der Waals surface area contributed by atoms with Crippen molar-refractivity contribution in [2.24, 2.45) is 0 Å². The van der Waals surface area contributed by atoms with Crippen molar-refractivity contribution in [2.75, 3.05) is 34.0 Å². The number of hydrogen-bond acceptors (Lipinski definition) is 4. The Morgan fingerprint density at radius 3 is 2.65 bits per heavy atom. The SMILES string of the molecule is COCCOC(CO)c1cc(F)ccc1OC. The van der Waals surface area contributed by atoms with Crippen molar-refractivity contribution in [2.45, 2.75) is 6.10 Å². The van der Waals surface area contributed by atoms with E-state index in [1.165, 1.54) is 25.3 Å². The average molecular weight is 244 g/mol. The Hall–Kier alpha value is -1.17. The van der Waals surface area contributed by atoms with Gasteiger partial charge in [-0.05, 0) is 18.2 Å². The molecule has 0 radical (unpaired) electrons. The van der Waals surface area contributed by atoms with Gasteiger partial charge in [0, 0.05) is 12.7 Å². The van der Waals surface area contributed by atoms with Crippen LogP contribution in [0.2, 0.25) is 0 Å². The van der Waals surface area contributed by atoms with Crippen LogP contribution in [0.25, 0.3) is 0 Å². The molecule has 0 aliphatic carbocycles. The molecule has 0 bridgehead atoms. The summed E-state index contributed by atoms with van der Waals surface area (Å²) in [7, 11) is 3.04. The molecule has 1 N–H and O–H groups in total. The Balaban J connectivity index is 2.82. The van der Waals surface area contributed by atoms with Crippen molar-refractivity contribution in [3.8, 4) is 5.75 Å². The quantitative estimate of drug-likeness (QED) is 0.739. The minimum absolute atomic E-state index is 0.247. The molecule has 5 heteroatoms. The molecule has 1 rings (SSSR count). The molecule has 0 spiro atoms. The maximum atomic E-state index is 13.2. The summed E-state index contributed by atoms with van der Waals surface area (Å²) in [5, 5.41) is 9.25. The van der Waals surface area contributed by atoms with E-state index in [2.05, 4.69) is 0 Å². The summed E-state index contributed by atoms with van der Waals surface area (Å²) < 4.78 is 28.5. The van der Waals surface area contributed by atoms with E-state index in [1.807, 2.05) is 0 Å². The molecule has 1 atom stereocenters. The molecular formula is C12H17FO4. The van der Waals surface area contributed by atoms with Gasteiger partial charge in [0.15, 0.2) is 0 Å². The number of halogens is 1. The molecule has 0 aromatic heterocycles. The first-order valence-electron chi connectivity index (χ1n) is 5.27. The van der Waals surface area contributed by atoms with Gasteiger partial charge in [0.2, 0.25) is 0 Å². The van der Waals surface area contributed by atoms with E-state index >= 15 is 0 Å². The summed E-state index contributed by atoms with van der Waals surface area (Å²) in [6.07, 6.45) is -0.615. The fourth-order valence-electron chi connectivity index (χ4n) is 1.47. The molecule has 0 aliphatic heterocycles. The fraction of sp³-hybridized carbons (Fsp3) is 0.500. The van der Waals surface area contributed by atoms with E-state index in [0.29, 0.717) is 24.5 Å². The number of methoxy groups -OCH3 is 2. The van der Waals surface area contributed by atoms with Gasteiger partial charge in [-0.1, -0.05) is 0 Å². The van der Waals surface area contributed by atoms with Gasteiger partial charge < -0.3 is 19.3 Å². The van der Waals surface area contributed by atoms with Crippen LogP contribution in [-0.2, 0) is 9.47 Å². The standard InChI is InChI=1S/C12H17FO4/c1-15-5-6-17-12(8-14)10-7-9(13)3-4-11(10)16-2/h3-4,7,12,14H,5-6,8H2,1-2H3. The second kappa shape index (κ2) is 7.21. The van der Waals surface area contributed by atoms with E-state index in [9.17, 15) is 9.50 Å². The van der Waals surface area contributed by atoms with E-state index < -0.39 is 11.9 Å². The minimum Gasteiger partial charge on any atom is -0.496 e. The van der Waals surface area contributed by atoms with Crippen molar-refractivity contribution in [3.63, 3.8) is 0 Å². The van der Waals surface area contributed by atoms with Crippen LogP contribution < -0.4 is 4.74 Å². The minimum atomic E-state index is -0.615. The number of rotatable bonds is 7. The maximum Gasteiger partial charge on any atom is 0.124 e. The second-order valence-corrected chi connectivity index (χ2v) is 3.42. The predicted octanol–water partition coefficient (Wildman–Crippen LogP) is 1.53. The van der Waals surface area contributed by atoms with Gasteiger partial charge in [0.05, 0.1) is 26.9 Å². The lowest BCUT2D eigenvalue weighted by Crippen LogP contribution is -2.13. The zero-order valence-electron chi connectivity index (χ0n) is 9.98. The zero-order valence-corrected chi connectivity index (χ0v) is 9.98. The van der Waals surface area contributed by atoms with Gasteiger partial charge in [-0.25, -0.2) is 4.39 Å². The average Bonchev–Trinajstić information content (AvgIpc) is 2.35. The Labute approximate surface area is 99.9 Å². The second-order valence-electron chi connectivity index (χ2n) is 3.42. The summed E-state index contributed by atoms with van der Waals surface area (Å²) in [4.78, 5) is 0. The molecule has 96 valence electrons. The molecule has 0 saturated carbocycles. The number of benzene rings is 1. The van der Waals surface area contributed by atoms with E-state index in [0.717, 1.165) is 0 Å². The maximum absolute atomic E-state index is 13.2. The van der Waals surface area contributed by atoms with Crippen molar-refractivity contribution in [3.05, 3.63) is 29.6 Å². The first kappa shape index (κ1) is 13.9. The molecule has 0 fully saturated rings. The van der Waals surface area contributed by atoms with Gasteiger partial charge in [-0.15, -0.1) is 0 Å². The summed E-state index contributed by atoms with van der Waals surface area (Å²) in [6, 6.07) is 4.10. The highest BCUT2D eigenvalue weighted by molar-refractivity contribution is 5.35. The molecule has 4 nitrogen and oxygen atoms in total. The largest absolute Gasteiger partial charge is 0.496 e. The molecule has 17 heavy (non-hydrogen) atoms. The third kappa shape index (κ3) is 3.96. The third-order valence-electron chi connectivity index (χ3n) is 2.31. The van der Waals surface area contributed by atoms with Crippen molar-refractivity contribution < 1.29 is 23.7 Å². The molecule has 1 unspecified atom stereocenters. The van der Waals surface area contributed by atoms with Crippen LogP contribution in [0, 0.1) is 5.82 Å². The van der Waals surface area contributed by atoms with Crippen LogP contribution in [0.5, 0.6) is 5.75 Å². The lowest BCUT2D eigenvalue weighted by Gasteiger charge is -2.18. The lowest BCUT2D eigenvalue weighted by molar-refractivity contribution is -0.0133. The molecule has 0 heterocycles. The van der Waals surface area contributed by atoms with Crippen LogP contribution in [0.4, 0.5) is 4.39 Å². The van der Waals surface area contributed by atoms with Crippen LogP contribution in [0.15, 0.2) is 18.2 Å². The Morgan fingerprint density at radius 1 is 1.29 bits per heavy atom. The topological polar surface area (TPSA) is 47.9 Å². The predicted molar refractivity (Wildman–Crippen MR) is 60.6 cm³/mol. The smallest absolute Gasteiger partial charge is 0.124 e. The highest BCUT2D eigenvalue weighted by Crippen LogP contribution is 2.28. The Kier molecular flexibility index (Phi) is 5.90. The first-order valence-corrected chi connectivity index (χ1v) is 5.27. The molecular weight excluding hydrogens is 227 g/mol. The summed E-state index contributed by atoms with van der Waals surface area (Å²) in [5.74, 6) is 0.0949. The normalized spacial score (nSPS) is 12.5. The lowest BCUT2D eigenvalue weighted by atomic mass is 10.1. The van der Waals surface area contributed by atoms with E-state index in [-0.39, 0.29) is 6.61 Å². The van der Waals surface area contributed by atoms with Crippen LogP contribution in [0.1, 0.15) is 11.7 Å². The number of aliphatic hydroxyl groups is 1. The molecule has 0 aliphatic rings. The van der Waals surface area contributed by atoms with Crippen molar-refractivity contribution in [1.29, 1.82) is 0 Å². The highest BCUT2D eigenvalue weighted by Gasteiger charge is 2.16. The highest BCUT2D eigenvalue weighted by atomic mass is 19.1. The van der Waals surface area contributed by atoms with Gasteiger partial charge in [-0.3, -0.25) is 0 Å². The number of aliphatic hydroxyl groups excluding tert-OH is 1. The van der Waals surface area contributed by atoms with Crippen molar-refractivity contribution in [1.82, 2.24) is 0 Å². The van der Waals surface area contributed by atoms with Gasteiger partial charge >= 0.3 is 0 Å². The van der Waals surface area contributed by atoms with Gasteiger partial charge in [0.1, 0.15) is 17.7 Å². The summed E-state index contributed by atoms with van der Waals surface area (Å²) in [6.45, 7) is 0.485. The molecule has 1 aromatic carbocycles. The number of hydrogen-bond donors (Lipinski definition) is 1. The van der Waals surface area contributed by atoms with Gasteiger partial charge in [0.25, 0.3) is 0 Å². The first-order chi connectivity index (χ1) is 8.22. The van der Waals surface area contributed by atoms with Crippen LogP contribution in [-0.4, -0.2) is 39.1 Å². The summed E-state index contributed by atoms with van der Waals surface area (Å²) >= 11 is 0. The van der Waals surface area contributed by atoms with Crippen LogP contribution >= 0.6 is 0 Å². The molecule has 1 aromatic rings. The molecule has 0 amide bonds. The van der Waals surface area contributed by atoms with E-state index in [1.54, 1.807) is 7.11 Å². The monoisotopic (exact) mass is 244 g/mol. The van der Waals surface area contributed by atoms with Gasteiger partial charge in [-0.2, -0.15) is 0 Å². The molecule has 0 saturated heterocycles.